The molecular weight excluding hydrogens is 228 g/mol. The highest BCUT2D eigenvalue weighted by Gasteiger charge is 2.07. The summed E-state index contributed by atoms with van der Waals surface area (Å²) in [6.45, 7) is 4.20. The largest absolute Gasteiger partial charge is 0.392 e. The molecule has 0 aliphatic carbocycles. The lowest BCUT2D eigenvalue weighted by Gasteiger charge is -2.11. The first-order valence-electron chi connectivity index (χ1n) is 5.90. The maximum Gasteiger partial charge on any atom is 0.0621 e. The third-order valence-corrected chi connectivity index (χ3v) is 3.54. The van der Waals surface area contributed by atoms with Crippen molar-refractivity contribution in [3.63, 3.8) is 0 Å². The molecule has 1 nitrogen and oxygen atoms in total. The average Bonchev–Trinajstić information content (AvgIpc) is 2.67. The summed E-state index contributed by atoms with van der Waals surface area (Å²) in [6.07, 6.45) is 1.19. The molecule has 0 aliphatic rings. The van der Waals surface area contributed by atoms with Gasteiger partial charge in [-0.1, -0.05) is 29.3 Å². The summed E-state index contributed by atoms with van der Waals surface area (Å²) in [6, 6.07) is 8.55. The zero-order valence-corrected chi connectivity index (χ0v) is 11.1. The predicted octanol–water partition coefficient (Wildman–Crippen LogP) is 3.51. The third kappa shape index (κ3) is 3.69. The predicted molar refractivity (Wildman–Crippen MR) is 73.6 cm³/mol. The number of hydrogen-bond donors (Lipinski definition) is 1. The fourth-order valence-electron chi connectivity index (χ4n) is 2.21. The van der Waals surface area contributed by atoms with Crippen LogP contribution in [-0.2, 0) is 12.8 Å². The van der Waals surface area contributed by atoms with Crippen LogP contribution in [0.1, 0.15) is 22.3 Å². The van der Waals surface area contributed by atoms with Crippen molar-refractivity contribution in [1.82, 2.24) is 0 Å². The van der Waals surface area contributed by atoms with Crippen LogP contribution < -0.4 is 0 Å². The molecule has 0 amide bonds. The second-order valence-electron chi connectivity index (χ2n) is 4.69. The number of rotatable bonds is 4. The Morgan fingerprint density at radius 1 is 1.06 bits per heavy atom. The molecule has 1 heterocycles. The van der Waals surface area contributed by atoms with E-state index in [1.54, 1.807) is 11.3 Å². The Labute approximate surface area is 107 Å². The van der Waals surface area contributed by atoms with Crippen molar-refractivity contribution in [2.75, 3.05) is 0 Å². The first-order valence-corrected chi connectivity index (χ1v) is 6.84. The van der Waals surface area contributed by atoms with Crippen molar-refractivity contribution in [1.29, 1.82) is 0 Å². The number of aryl methyl sites for hydroxylation is 2. The molecule has 2 rings (SSSR count). The van der Waals surface area contributed by atoms with E-state index in [4.69, 9.17) is 0 Å². The molecule has 0 aliphatic heterocycles. The van der Waals surface area contributed by atoms with Gasteiger partial charge in [-0.05, 0) is 54.6 Å². The van der Waals surface area contributed by atoms with E-state index in [1.165, 1.54) is 22.3 Å². The van der Waals surface area contributed by atoms with Crippen molar-refractivity contribution in [2.24, 2.45) is 0 Å². The van der Waals surface area contributed by atoms with Crippen LogP contribution in [0.2, 0.25) is 0 Å². The standard InChI is InChI=1S/C15H18OS/c1-11-5-12(2)7-14(6-11)9-15(16)8-13-3-4-17-10-13/h3-7,10,15-16H,8-9H2,1-2H3. The van der Waals surface area contributed by atoms with E-state index in [2.05, 4.69) is 48.9 Å². The smallest absolute Gasteiger partial charge is 0.0621 e. The molecule has 0 bridgehead atoms. The Kier molecular flexibility index (Phi) is 3.97. The molecule has 0 spiro atoms. The van der Waals surface area contributed by atoms with Gasteiger partial charge in [0.25, 0.3) is 0 Å². The highest BCUT2D eigenvalue weighted by Crippen LogP contribution is 2.14. The maximum absolute atomic E-state index is 10.1. The van der Waals surface area contributed by atoms with Crippen LogP contribution >= 0.6 is 11.3 Å². The van der Waals surface area contributed by atoms with Crippen LogP contribution in [0.3, 0.4) is 0 Å². The maximum atomic E-state index is 10.1. The fraction of sp³-hybridized carbons (Fsp3) is 0.333. The molecule has 1 aromatic heterocycles. The molecule has 1 unspecified atom stereocenters. The van der Waals surface area contributed by atoms with Gasteiger partial charge in [0.1, 0.15) is 0 Å². The Balaban J connectivity index is 2.00. The van der Waals surface area contributed by atoms with E-state index in [1.807, 2.05) is 0 Å². The molecular formula is C15H18OS. The number of aliphatic hydroxyl groups is 1. The second kappa shape index (κ2) is 5.48. The summed E-state index contributed by atoms with van der Waals surface area (Å²) < 4.78 is 0. The zero-order chi connectivity index (χ0) is 12.3. The minimum absolute atomic E-state index is 0.286. The number of thiophene rings is 1. The van der Waals surface area contributed by atoms with Crippen LogP contribution in [0, 0.1) is 13.8 Å². The SMILES string of the molecule is Cc1cc(C)cc(CC(O)Cc2ccsc2)c1. The average molecular weight is 246 g/mol. The first-order chi connectivity index (χ1) is 8.13. The van der Waals surface area contributed by atoms with Gasteiger partial charge in [-0.2, -0.15) is 11.3 Å². The summed E-state index contributed by atoms with van der Waals surface area (Å²) in [5, 5.41) is 14.2. The van der Waals surface area contributed by atoms with Crippen molar-refractivity contribution >= 4 is 11.3 Å². The van der Waals surface area contributed by atoms with Crippen molar-refractivity contribution in [2.45, 2.75) is 32.8 Å². The third-order valence-electron chi connectivity index (χ3n) is 2.80. The molecule has 17 heavy (non-hydrogen) atoms. The minimum atomic E-state index is -0.286. The molecule has 1 atom stereocenters. The Morgan fingerprint density at radius 2 is 1.71 bits per heavy atom. The van der Waals surface area contributed by atoms with Gasteiger partial charge in [0, 0.05) is 0 Å². The van der Waals surface area contributed by atoms with Gasteiger partial charge in [0.05, 0.1) is 6.10 Å². The Hall–Kier alpha value is -1.12. The van der Waals surface area contributed by atoms with E-state index < -0.39 is 0 Å². The lowest BCUT2D eigenvalue weighted by atomic mass is 10.00. The van der Waals surface area contributed by atoms with Gasteiger partial charge in [-0.3, -0.25) is 0 Å². The topological polar surface area (TPSA) is 20.2 Å². The highest BCUT2D eigenvalue weighted by molar-refractivity contribution is 7.07. The lowest BCUT2D eigenvalue weighted by Crippen LogP contribution is -2.13. The van der Waals surface area contributed by atoms with Gasteiger partial charge in [0.15, 0.2) is 0 Å². The van der Waals surface area contributed by atoms with E-state index in [0.717, 1.165) is 12.8 Å². The molecule has 1 N–H and O–H groups in total. The van der Waals surface area contributed by atoms with Crippen molar-refractivity contribution in [3.8, 4) is 0 Å². The van der Waals surface area contributed by atoms with Crippen molar-refractivity contribution in [3.05, 3.63) is 57.3 Å². The van der Waals surface area contributed by atoms with Crippen LogP contribution in [0.15, 0.2) is 35.0 Å². The Bertz CT molecular complexity index is 453. The van der Waals surface area contributed by atoms with Crippen LogP contribution in [0.25, 0.3) is 0 Å². The van der Waals surface area contributed by atoms with E-state index in [9.17, 15) is 5.11 Å². The lowest BCUT2D eigenvalue weighted by molar-refractivity contribution is 0.175. The second-order valence-corrected chi connectivity index (χ2v) is 5.47. The summed E-state index contributed by atoms with van der Waals surface area (Å²) >= 11 is 1.68. The zero-order valence-electron chi connectivity index (χ0n) is 10.3. The quantitative estimate of drug-likeness (QED) is 0.875. The normalized spacial score (nSPS) is 12.6. The van der Waals surface area contributed by atoms with Crippen LogP contribution in [-0.4, -0.2) is 11.2 Å². The number of hydrogen-bond acceptors (Lipinski definition) is 2. The summed E-state index contributed by atoms with van der Waals surface area (Å²) in [5.74, 6) is 0. The van der Waals surface area contributed by atoms with Gasteiger partial charge in [0.2, 0.25) is 0 Å². The monoisotopic (exact) mass is 246 g/mol. The molecule has 90 valence electrons. The molecule has 1 aromatic carbocycles. The Morgan fingerprint density at radius 3 is 2.29 bits per heavy atom. The van der Waals surface area contributed by atoms with E-state index in [0.29, 0.717) is 0 Å². The molecule has 0 saturated carbocycles. The summed E-state index contributed by atoms with van der Waals surface area (Å²) in [4.78, 5) is 0. The summed E-state index contributed by atoms with van der Waals surface area (Å²) in [5.41, 5.74) is 4.99. The number of aliphatic hydroxyl groups excluding tert-OH is 1. The first kappa shape index (κ1) is 12.3. The molecule has 2 aromatic rings. The van der Waals surface area contributed by atoms with Crippen LogP contribution in [0.5, 0.6) is 0 Å². The fourth-order valence-corrected chi connectivity index (χ4v) is 2.89. The minimum Gasteiger partial charge on any atom is -0.392 e. The molecule has 2 heteroatoms. The van der Waals surface area contributed by atoms with E-state index in [-0.39, 0.29) is 6.10 Å². The van der Waals surface area contributed by atoms with Gasteiger partial charge in [-0.25, -0.2) is 0 Å². The highest BCUT2D eigenvalue weighted by atomic mass is 32.1. The van der Waals surface area contributed by atoms with Gasteiger partial charge >= 0.3 is 0 Å². The molecule has 0 radical (unpaired) electrons. The van der Waals surface area contributed by atoms with E-state index >= 15 is 0 Å². The van der Waals surface area contributed by atoms with Crippen molar-refractivity contribution < 1.29 is 5.11 Å². The van der Waals surface area contributed by atoms with Gasteiger partial charge < -0.3 is 5.11 Å². The molecule has 0 saturated heterocycles. The summed E-state index contributed by atoms with van der Waals surface area (Å²) in [7, 11) is 0. The van der Waals surface area contributed by atoms with Crippen LogP contribution in [0.4, 0.5) is 0 Å². The van der Waals surface area contributed by atoms with Gasteiger partial charge in [-0.15, -0.1) is 0 Å². The number of benzene rings is 1. The molecule has 0 fully saturated rings.